The molecule has 0 spiro atoms. The van der Waals surface area contributed by atoms with Crippen LogP contribution >= 0.6 is 0 Å². The van der Waals surface area contributed by atoms with E-state index in [0.717, 1.165) is 18.5 Å². The van der Waals surface area contributed by atoms with Gasteiger partial charge >= 0.3 is 5.97 Å². The first-order valence-corrected chi connectivity index (χ1v) is 6.73. The molecule has 0 aliphatic heterocycles. The molecule has 6 heteroatoms. The van der Waals surface area contributed by atoms with Crippen molar-refractivity contribution in [1.29, 1.82) is 0 Å². The molecule has 0 unspecified atom stereocenters. The quantitative estimate of drug-likeness (QED) is 0.902. The van der Waals surface area contributed by atoms with E-state index in [1.54, 1.807) is 23.0 Å². The van der Waals surface area contributed by atoms with Crippen LogP contribution in [0.15, 0.2) is 30.5 Å². The zero-order valence-corrected chi connectivity index (χ0v) is 11.5. The molecular weight excluding hydrogens is 270 g/mol. The Kier molecular flexibility index (Phi) is 3.21. The van der Waals surface area contributed by atoms with E-state index in [4.69, 9.17) is 5.11 Å². The lowest BCUT2D eigenvalue weighted by Gasteiger charge is -2.07. The summed E-state index contributed by atoms with van der Waals surface area (Å²) in [5.41, 5.74) is 2.31. The van der Waals surface area contributed by atoms with Gasteiger partial charge in [-0.05, 0) is 37.1 Å². The van der Waals surface area contributed by atoms with Crippen LogP contribution in [0.3, 0.4) is 0 Å². The van der Waals surface area contributed by atoms with Crippen LogP contribution in [0.2, 0.25) is 0 Å². The monoisotopic (exact) mass is 285 g/mol. The molecule has 1 aliphatic rings. The lowest BCUT2D eigenvalue weighted by atomic mass is 10.1. The Morgan fingerprint density at radius 2 is 1.95 bits per heavy atom. The van der Waals surface area contributed by atoms with Gasteiger partial charge in [-0.3, -0.25) is 9.48 Å². The summed E-state index contributed by atoms with van der Waals surface area (Å²) in [6, 6.07) is 6.08. The van der Waals surface area contributed by atoms with Gasteiger partial charge in [-0.2, -0.15) is 5.10 Å². The second-order valence-electron chi connectivity index (χ2n) is 5.18. The largest absolute Gasteiger partial charge is 0.478 e. The van der Waals surface area contributed by atoms with Crippen LogP contribution in [-0.4, -0.2) is 26.8 Å². The molecule has 21 heavy (non-hydrogen) atoms. The molecule has 1 amide bonds. The highest BCUT2D eigenvalue weighted by Crippen LogP contribution is 2.41. The smallest absolute Gasteiger partial charge is 0.335 e. The van der Waals surface area contributed by atoms with Gasteiger partial charge in [0.25, 0.3) is 5.91 Å². The molecule has 108 valence electrons. The van der Waals surface area contributed by atoms with Crippen molar-refractivity contribution in [1.82, 2.24) is 9.78 Å². The van der Waals surface area contributed by atoms with E-state index in [-0.39, 0.29) is 11.5 Å². The fourth-order valence-corrected chi connectivity index (χ4v) is 2.36. The average molecular weight is 285 g/mol. The first-order chi connectivity index (χ1) is 10.1. The highest BCUT2D eigenvalue weighted by Gasteiger charge is 2.31. The Hall–Kier alpha value is -2.63. The third-order valence-corrected chi connectivity index (χ3v) is 3.58. The molecule has 1 aromatic carbocycles. The number of hydrogen-bond donors (Lipinski definition) is 2. The zero-order valence-electron chi connectivity index (χ0n) is 11.5. The normalized spacial score (nSPS) is 14.0. The molecule has 0 atom stereocenters. The van der Waals surface area contributed by atoms with Crippen LogP contribution in [0.25, 0.3) is 0 Å². The van der Waals surface area contributed by atoms with Gasteiger partial charge in [0.2, 0.25) is 0 Å². The maximum atomic E-state index is 12.3. The van der Waals surface area contributed by atoms with E-state index in [0.29, 0.717) is 17.2 Å². The molecule has 2 aromatic rings. The molecule has 6 nitrogen and oxygen atoms in total. The topological polar surface area (TPSA) is 84.2 Å². The van der Waals surface area contributed by atoms with Gasteiger partial charge in [-0.25, -0.2) is 4.79 Å². The average Bonchev–Trinajstić information content (AvgIpc) is 3.22. The highest BCUT2D eigenvalue weighted by molar-refractivity contribution is 6.05. The number of carbonyl (C=O) groups excluding carboxylic acids is 1. The Labute approximate surface area is 121 Å². The molecule has 1 heterocycles. The third kappa shape index (κ3) is 2.65. The summed E-state index contributed by atoms with van der Waals surface area (Å²) in [6.45, 7) is 0. The summed E-state index contributed by atoms with van der Waals surface area (Å²) in [6.07, 6.45) is 3.76. The van der Waals surface area contributed by atoms with Crippen LogP contribution < -0.4 is 5.32 Å². The van der Waals surface area contributed by atoms with Crippen molar-refractivity contribution in [3.8, 4) is 0 Å². The molecule has 3 rings (SSSR count). The molecule has 1 aliphatic carbocycles. The van der Waals surface area contributed by atoms with Gasteiger partial charge < -0.3 is 10.4 Å². The number of aromatic carboxylic acids is 1. The van der Waals surface area contributed by atoms with Gasteiger partial charge in [0.1, 0.15) is 0 Å². The van der Waals surface area contributed by atoms with E-state index in [1.807, 2.05) is 7.05 Å². The number of carboxylic acids is 1. The fourth-order valence-electron chi connectivity index (χ4n) is 2.36. The van der Waals surface area contributed by atoms with Gasteiger partial charge in [0.05, 0.1) is 23.0 Å². The van der Waals surface area contributed by atoms with E-state index in [1.165, 1.54) is 12.1 Å². The number of benzene rings is 1. The predicted molar refractivity (Wildman–Crippen MR) is 76.5 cm³/mol. The summed E-state index contributed by atoms with van der Waals surface area (Å²) in [5, 5.41) is 15.8. The first kappa shape index (κ1) is 13.4. The standard InChI is InChI=1S/C15H15N3O3/c1-18-13(9-2-3-9)12(8-16-18)14(19)17-11-6-4-10(5-7-11)15(20)21/h4-9H,2-3H2,1H3,(H,17,19)(H,20,21). The highest BCUT2D eigenvalue weighted by atomic mass is 16.4. The van der Waals surface area contributed by atoms with Crippen molar-refractivity contribution in [3.63, 3.8) is 0 Å². The van der Waals surface area contributed by atoms with Gasteiger partial charge in [-0.15, -0.1) is 0 Å². The number of rotatable bonds is 4. The number of carboxylic acid groups (broad SMARTS) is 1. The number of hydrogen-bond acceptors (Lipinski definition) is 3. The Morgan fingerprint density at radius 3 is 2.52 bits per heavy atom. The van der Waals surface area contributed by atoms with Crippen LogP contribution in [0.1, 0.15) is 45.2 Å². The second kappa shape index (κ2) is 5.05. The number of aryl methyl sites for hydroxylation is 1. The minimum Gasteiger partial charge on any atom is -0.478 e. The van der Waals surface area contributed by atoms with Crippen LogP contribution in [0.5, 0.6) is 0 Å². The Morgan fingerprint density at radius 1 is 1.29 bits per heavy atom. The summed E-state index contributed by atoms with van der Waals surface area (Å²) in [4.78, 5) is 23.1. The molecule has 0 saturated heterocycles. The summed E-state index contributed by atoms with van der Waals surface area (Å²) < 4.78 is 1.75. The molecule has 0 radical (unpaired) electrons. The van der Waals surface area contributed by atoms with Crippen LogP contribution in [0.4, 0.5) is 5.69 Å². The van der Waals surface area contributed by atoms with Gasteiger partial charge in [0.15, 0.2) is 0 Å². The fraction of sp³-hybridized carbons (Fsp3) is 0.267. The maximum Gasteiger partial charge on any atom is 0.335 e. The number of carbonyl (C=O) groups is 2. The SMILES string of the molecule is Cn1ncc(C(=O)Nc2ccc(C(=O)O)cc2)c1C1CC1. The van der Waals surface area contributed by atoms with Gasteiger partial charge in [0, 0.05) is 18.7 Å². The minimum absolute atomic E-state index is 0.188. The van der Waals surface area contributed by atoms with Gasteiger partial charge in [-0.1, -0.05) is 0 Å². The van der Waals surface area contributed by atoms with E-state index < -0.39 is 5.97 Å². The Balaban J connectivity index is 1.78. The molecule has 1 aromatic heterocycles. The number of nitrogens with one attached hydrogen (secondary N) is 1. The Bertz CT molecular complexity index is 699. The minimum atomic E-state index is -0.990. The van der Waals surface area contributed by atoms with Crippen molar-refractivity contribution in [2.24, 2.45) is 7.05 Å². The molecule has 0 bridgehead atoms. The number of amides is 1. The molecule has 1 saturated carbocycles. The van der Waals surface area contributed by atoms with Crippen molar-refractivity contribution < 1.29 is 14.7 Å². The number of nitrogens with zero attached hydrogens (tertiary/aromatic N) is 2. The maximum absolute atomic E-state index is 12.3. The molecule has 2 N–H and O–H groups in total. The third-order valence-electron chi connectivity index (χ3n) is 3.58. The second-order valence-corrected chi connectivity index (χ2v) is 5.18. The van der Waals surface area contributed by atoms with E-state index >= 15 is 0 Å². The van der Waals surface area contributed by atoms with Crippen molar-refractivity contribution in [2.75, 3.05) is 5.32 Å². The summed E-state index contributed by atoms with van der Waals surface area (Å²) >= 11 is 0. The van der Waals surface area contributed by atoms with Crippen molar-refractivity contribution in [3.05, 3.63) is 47.3 Å². The van der Waals surface area contributed by atoms with Crippen molar-refractivity contribution in [2.45, 2.75) is 18.8 Å². The van der Waals surface area contributed by atoms with Crippen molar-refractivity contribution >= 4 is 17.6 Å². The lowest BCUT2D eigenvalue weighted by molar-refractivity contribution is 0.0696. The lowest BCUT2D eigenvalue weighted by Crippen LogP contribution is -2.14. The van der Waals surface area contributed by atoms with Crippen LogP contribution in [0, 0.1) is 0 Å². The van der Waals surface area contributed by atoms with E-state index in [2.05, 4.69) is 10.4 Å². The predicted octanol–water partition coefficient (Wildman–Crippen LogP) is 2.25. The summed E-state index contributed by atoms with van der Waals surface area (Å²) in [5.74, 6) is -0.781. The number of anilines is 1. The first-order valence-electron chi connectivity index (χ1n) is 6.73. The summed E-state index contributed by atoms with van der Waals surface area (Å²) in [7, 11) is 1.84. The van der Waals surface area contributed by atoms with Crippen LogP contribution in [-0.2, 0) is 7.05 Å². The number of aromatic nitrogens is 2. The molecular formula is C15H15N3O3. The molecule has 1 fully saturated rings. The zero-order chi connectivity index (χ0) is 15.0. The van der Waals surface area contributed by atoms with E-state index in [9.17, 15) is 9.59 Å².